The summed E-state index contributed by atoms with van der Waals surface area (Å²) in [7, 11) is 0. The minimum atomic E-state index is -0.650. The number of rotatable bonds is 7. The van der Waals surface area contributed by atoms with Crippen LogP contribution in [-0.4, -0.2) is 27.8 Å². The van der Waals surface area contributed by atoms with Gasteiger partial charge in [0.1, 0.15) is 5.54 Å². The van der Waals surface area contributed by atoms with Crippen LogP contribution in [0.4, 0.5) is 0 Å². The van der Waals surface area contributed by atoms with Crippen molar-refractivity contribution < 1.29 is 4.79 Å². The highest BCUT2D eigenvalue weighted by Crippen LogP contribution is 2.40. The van der Waals surface area contributed by atoms with Crippen LogP contribution in [0.3, 0.4) is 0 Å². The molecule has 0 aromatic carbocycles. The maximum atomic E-state index is 12.1. The lowest BCUT2D eigenvalue weighted by atomic mass is 9.91. The third-order valence-electron chi connectivity index (χ3n) is 4.49. The monoisotopic (exact) mass is 278 g/mol. The van der Waals surface area contributed by atoms with Crippen molar-refractivity contribution in [2.24, 2.45) is 11.7 Å². The predicted molar refractivity (Wildman–Crippen MR) is 79.4 cm³/mol. The number of primary amides is 1. The Morgan fingerprint density at radius 3 is 2.50 bits per heavy atom. The van der Waals surface area contributed by atoms with E-state index < -0.39 is 5.54 Å². The van der Waals surface area contributed by atoms with Gasteiger partial charge in [0.25, 0.3) is 0 Å². The summed E-state index contributed by atoms with van der Waals surface area (Å²) in [6.45, 7) is 9.52. The zero-order valence-electron chi connectivity index (χ0n) is 13.0. The van der Waals surface area contributed by atoms with Crippen molar-refractivity contribution in [3.8, 4) is 0 Å². The molecule has 1 fully saturated rings. The number of aromatic nitrogens is 2. The van der Waals surface area contributed by atoms with Gasteiger partial charge in [-0.05, 0) is 51.1 Å². The number of amides is 1. The van der Waals surface area contributed by atoms with Gasteiger partial charge in [-0.2, -0.15) is 5.10 Å². The summed E-state index contributed by atoms with van der Waals surface area (Å²) in [5.74, 6) is 0.0846. The molecule has 0 saturated heterocycles. The van der Waals surface area contributed by atoms with E-state index in [1.165, 1.54) is 5.56 Å². The van der Waals surface area contributed by atoms with Crippen LogP contribution in [0.1, 0.15) is 43.6 Å². The summed E-state index contributed by atoms with van der Waals surface area (Å²) in [6.07, 6.45) is 3.09. The third-order valence-corrected chi connectivity index (χ3v) is 4.49. The first-order chi connectivity index (χ1) is 9.46. The second kappa shape index (κ2) is 5.56. The summed E-state index contributed by atoms with van der Waals surface area (Å²) < 4.78 is 1.96. The molecule has 0 bridgehead atoms. The minimum Gasteiger partial charge on any atom is -0.368 e. The summed E-state index contributed by atoms with van der Waals surface area (Å²) >= 11 is 0. The van der Waals surface area contributed by atoms with Gasteiger partial charge >= 0.3 is 0 Å². The predicted octanol–water partition coefficient (Wildman–Crippen LogP) is 1.31. The standard InChI is InChI=1S/C15H26N4O/c1-5-13-10(3)18-19(11(13)4)9-15(14(16)20,17-6-2)12-7-8-12/h12,17H,5-9H2,1-4H3,(H2,16,20). The minimum absolute atomic E-state index is 0.257. The van der Waals surface area contributed by atoms with Gasteiger partial charge in [0, 0.05) is 5.69 Å². The number of hydrogen-bond donors (Lipinski definition) is 2. The van der Waals surface area contributed by atoms with Crippen molar-refractivity contribution in [1.29, 1.82) is 0 Å². The number of hydrogen-bond acceptors (Lipinski definition) is 3. The van der Waals surface area contributed by atoms with Crippen LogP contribution in [-0.2, 0) is 17.8 Å². The van der Waals surface area contributed by atoms with Gasteiger partial charge in [0.2, 0.25) is 5.91 Å². The van der Waals surface area contributed by atoms with Crippen LogP contribution < -0.4 is 11.1 Å². The quantitative estimate of drug-likeness (QED) is 0.789. The number of carbonyl (C=O) groups excluding carboxylic acids is 1. The molecule has 20 heavy (non-hydrogen) atoms. The largest absolute Gasteiger partial charge is 0.368 e. The van der Waals surface area contributed by atoms with Crippen molar-refractivity contribution >= 4 is 5.91 Å². The molecule has 3 N–H and O–H groups in total. The van der Waals surface area contributed by atoms with E-state index >= 15 is 0 Å². The number of nitrogens with zero attached hydrogens (tertiary/aromatic N) is 2. The summed E-state index contributed by atoms with van der Waals surface area (Å²) in [6, 6.07) is 0. The van der Waals surface area contributed by atoms with E-state index in [0.29, 0.717) is 12.5 Å². The van der Waals surface area contributed by atoms with Crippen LogP contribution >= 0.6 is 0 Å². The first-order valence-electron chi connectivity index (χ1n) is 7.54. The van der Waals surface area contributed by atoms with Gasteiger partial charge in [-0.25, -0.2) is 0 Å². The van der Waals surface area contributed by atoms with E-state index in [2.05, 4.69) is 24.3 Å². The molecule has 112 valence electrons. The average molecular weight is 278 g/mol. The Labute approximate surface area is 120 Å². The van der Waals surface area contributed by atoms with Gasteiger partial charge in [-0.3, -0.25) is 9.48 Å². The van der Waals surface area contributed by atoms with Crippen molar-refractivity contribution in [1.82, 2.24) is 15.1 Å². The van der Waals surface area contributed by atoms with Crippen molar-refractivity contribution in [3.05, 3.63) is 17.0 Å². The first-order valence-corrected chi connectivity index (χ1v) is 7.54. The fourth-order valence-electron chi connectivity index (χ4n) is 3.22. The number of aryl methyl sites for hydroxylation is 1. The summed E-state index contributed by atoms with van der Waals surface area (Å²) in [5, 5.41) is 7.95. The van der Waals surface area contributed by atoms with Crippen molar-refractivity contribution in [3.63, 3.8) is 0 Å². The van der Waals surface area contributed by atoms with E-state index in [9.17, 15) is 4.79 Å². The fraction of sp³-hybridized carbons (Fsp3) is 0.733. The van der Waals surface area contributed by atoms with Crippen LogP contribution in [0, 0.1) is 19.8 Å². The van der Waals surface area contributed by atoms with Crippen molar-refractivity contribution in [2.45, 2.75) is 59.0 Å². The second-order valence-corrected chi connectivity index (χ2v) is 5.80. The average Bonchev–Trinajstić information content (AvgIpc) is 3.18. The maximum absolute atomic E-state index is 12.1. The van der Waals surface area contributed by atoms with Crippen LogP contribution in [0.5, 0.6) is 0 Å². The highest BCUT2D eigenvalue weighted by molar-refractivity contribution is 5.85. The molecule has 1 saturated carbocycles. The van der Waals surface area contributed by atoms with E-state index in [4.69, 9.17) is 5.73 Å². The Kier molecular flexibility index (Phi) is 4.18. The molecule has 5 nitrogen and oxygen atoms in total. The molecule has 1 atom stereocenters. The van der Waals surface area contributed by atoms with Crippen molar-refractivity contribution in [2.75, 3.05) is 6.54 Å². The van der Waals surface area contributed by atoms with E-state index in [1.54, 1.807) is 0 Å². The van der Waals surface area contributed by atoms with E-state index in [-0.39, 0.29) is 5.91 Å². The Morgan fingerprint density at radius 1 is 1.45 bits per heavy atom. The van der Waals surface area contributed by atoms with Gasteiger partial charge in [-0.15, -0.1) is 0 Å². The Morgan fingerprint density at radius 2 is 2.10 bits per heavy atom. The molecule has 5 heteroatoms. The Bertz CT molecular complexity index is 504. The molecular formula is C15H26N4O. The number of nitrogens with two attached hydrogens (primary N) is 1. The molecule has 1 unspecified atom stereocenters. The second-order valence-electron chi connectivity index (χ2n) is 5.80. The summed E-state index contributed by atoms with van der Waals surface area (Å²) in [4.78, 5) is 12.1. The zero-order chi connectivity index (χ0) is 14.9. The van der Waals surface area contributed by atoms with Gasteiger partial charge in [0.05, 0.1) is 12.2 Å². The van der Waals surface area contributed by atoms with Crippen LogP contribution in [0.15, 0.2) is 0 Å². The smallest absolute Gasteiger partial charge is 0.239 e. The lowest BCUT2D eigenvalue weighted by molar-refractivity contribution is -0.126. The Balaban J connectivity index is 2.35. The zero-order valence-corrected chi connectivity index (χ0v) is 13.0. The lowest BCUT2D eigenvalue weighted by Crippen LogP contribution is -2.60. The van der Waals surface area contributed by atoms with Gasteiger partial charge in [-0.1, -0.05) is 13.8 Å². The Hall–Kier alpha value is -1.36. The van der Waals surface area contributed by atoms with Gasteiger partial charge in [0.15, 0.2) is 0 Å². The molecule has 0 aliphatic heterocycles. The first kappa shape index (κ1) is 15.0. The van der Waals surface area contributed by atoms with Crippen LogP contribution in [0.25, 0.3) is 0 Å². The molecule has 0 spiro atoms. The normalized spacial score (nSPS) is 18.0. The fourth-order valence-corrected chi connectivity index (χ4v) is 3.22. The van der Waals surface area contributed by atoms with E-state index in [1.807, 2.05) is 18.5 Å². The number of likely N-dealkylation sites (N-methyl/N-ethyl adjacent to an activating group) is 1. The highest BCUT2D eigenvalue weighted by atomic mass is 16.1. The summed E-state index contributed by atoms with van der Waals surface area (Å²) in [5.41, 5.74) is 8.55. The highest BCUT2D eigenvalue weighted by Gasteiger charge is 2.50. The third kappa shape index (κ3) is 2.46. The number of carbonyl (C=O) groups is 1. The molecular weight excluding hydrogens is 252 g/mol. The lowest BCUT2D eigenvalue weighted by Gasteiger charge is -2.32. The SMILES string of the molecule is CCNC(Cn1nc(C)c(CC)c1C)(C(N)=O)C1CC1. The van der Waals surface area contributed by atoms with Gasteiger partial charge < -0.3 is 11.1 Å². The maximum Gasteiger partial charge on any atom is 0.239 e. The molecule has 1 aliphatic rings. The molecule has 1 heterocycles. The van der Waals surface area contributed by atoms with E-state index in [0.717, 1.165) is 37.2 Å². The molecule has 2 rings (SSSR count). The molecule has 1 aromatic rings. The van der Waals surface area contributed by atoms with Crippen LogP contribution in [0.2, 0.25) is 0 Å². The number of nitrogens with one attached hydrogen (secondary N) is 1. The molecule has 1 aliphatic carbocycles. The molecule has 1 amide bonds. The molecule has 1 aromatic heterocycles. The topological polar surface area (TPSA) is 72.9 Å². The molecule has 0 radical (unpaired) electrons.